The van der Waals surface area contributed by atoms with E-state index in [4.69, 9.17) is 9.15 Å². The lowest BCUT2D eigenvalue weighted by Gasteiger charge is -2.13. The van der Waals surface area contributed by atoms with Crippen LogP contribution in [-0.2, 0) is 10.3 Å². The van der Waals surface area contributed by atoms with Gasteiger partial charge >= 0.3 is 0 Å². The summed E-state index contributed by atoms with van der Waals surface area (Å²) in [6.07, 6.45) is 0.312. The molecule has 1 fully saturated rings. The summed E-state index contributed by atoms with van der Waals surface area (Å²) in [5.74, 6) is 0.760. The lowest BCUT2D eigenvalue weighted by molar-refractivity contribution is 0.255. The molecule has 2 atom stereocenters. The summed E-state index contributed by atoms with van der Waals surface area (Å²) in [6.45, 7) is 0. The summed E-state index contributed by atoms with van der Waals surface area (Å²) < 4.78 is 24.8. The van der Waals surface area contributed by atoms with E-state index >= 15 is 0 Å². The Labute approximate surface area is 121 Å². The molecule has 2 aromatic carbocycles. The van der Waals surface area contributed by atoms with Gasteiger partial charge in [-0.1, -0.05) is 48.5 Å². The van der Waals surface area contributed by atoms with Crippen molar-refractivity contribution in [2.75, 3.05) is 0 Å². The quantitative estimate of drug-likeness (QED) is 0.659. The molecule has 2 heterocycles. The van der Waals surface area contributed by atoms with E-state index in [9.17, 15) is 4.39 Å². The number of furan rings is 1. The molecule has 0 aliphatic carbocycles. The second-order valence-electron chi connectivity index (χ2n) is 5.09. The monoisotopic (exact) mass is 280 g/mol. The maximum Gasteiger partial charge on any atom is 0.238 e. The fourth-order valence-corrected chi connectivity index (χ4v) is 2.73. The Hall–Kier alpha value is -2.39. The molecular weight excluding hydrogens is 267 g/mol. The molecule has 4 rings (SSSR count). The summed E-state index contributed by atoms with van der Waals surface area (Å²) in [4.78, 5) is 0. The fourth-order valence-electron chi connectivity index (χ4n) is 2.73. The van der Waals surface area contributed by atoms with Gasteiger partial charge in [0.05, 0.1) is 6.26 Å². The van der Waals surface area contributed by atoms with Crippen LogP contribution in [0.15, 0.2) is 77.4 Å². The van der Waals surface area contributed by atoms with Crippen LogP contribution < -0.4 is 0 Å². The van der Waals surface area contributed by atoms with Crippen LogP contribution >= 0.6 is 0 Å². The molecule has 0 bridgehead atoms. The highest BCUT2D eigenvalue weighted by Crippen LogP contribution is 2.52. The lowest BCUT2D eigenvalue weighted by atomic mass is 9.90. The van der Waals surface area contributed by atoms with Crippen molar-refractivity contribution in [2.24, 2.45) is 0 Å². The minimum atomic E-state index is -1.31. The van der Waals surface area contributed by atoms with Gasteiger partial charge in [0.1, 0.15) is 5.76 Å². The number of epoxide rings is 1. The first-order valence-electron chi connectivity index (χ1n) is 6.82. The molecule has 21 heavy (non-hydrogen) atoms. The molecule has 3 heteroatoms. The first-order chi connectivity index (χ1) is 10.3. The van der Waals surface area contributed by atoms with Gasteiger partial charge in [-0.25, -0.2) is 4.39 Å². The van der Waals surface area contributed by atoms with Crippen molar-refractivity contribution in [1.82, 2.24) is 0 Å². The highest BCUT2D eigenvalue weighted by Gasteiger charge is 2.60. The molecule has 0 amide bonds. The van der Waals surface area contributed by atoms with E-state index < -0.39 is 12.0 Å². The van der Waals surface area contributed by atoms with Gasteiger partial charge in [0.25, 0.3) is 0 Å². The van der Waals surface area contributed by atoms with Crippen molar-refractivity contribution in [3.63, 3.8) is 0 Å². The summed E-state index contributed by atoms with van der Waals surface area (Å²) in [5.41, 5.74) is 1.56. The van der Waals surface area contributed by atoms with Gasteiger partial charge in [-0.05, 0) is 29.3 Å². The Morgan fingerprint density at radius 2 is 1.62 bits per heavy atom. The molecule has 0 N–H and O–H groups in total. The first kappa shape index (κ1) is 12.4. The molecule has 0 saturated carbocycles. The van der Waals surface area contributed by atoms with Crippen LogP contribution in [0.1, 0.15) is 11.1 Å². The first-order valence-corrected chi connectivity index (χ1v) is 6.82. The van der Waals surface area contributed by atoms with Gasteiger partial charge in [-0.2, -0.15) is 0 Å². The molecule has 104 valence electrons. The maximum absolute atomic E-state index is 14.0. The van der Waals surface area contributed by atoms with Crippen LogP contribution in [0.2, 0.25) is 0 Å². The standard InChI is InChI=1S/C18H13FO2/c19-17-18(21-17,14-7-2-1-3-8-14)15-9-4-6-13(12-15)16-10-5-11-20-16/h1-12,17H. The van der Waals surface area contributed by atoms with Crippen LogP contribution in [-0.4, -0.2) is 6.36 Å². The van der Waals surface area contributed by atoms with Crippen LogP contribution in [0.4, 0.5) is 4.39 Å². The Kier molecular flexibility index (Phi) is 2.69. The van der Waals surface area contributed by atoms with Crippen LogP contribution in [0, 0.1) is 0 Å². The molecule has 1 aromatic heterocycles. The van der Waals surface area contributed by atoms with Gasteiger partial charge in [0.15, 0.2) is 5.60 Å². The van der Waals surface area contributed by atoms with E-state index in [0.29, 0.717) is 0 Å². The van der Waals surface area contributed by atoms with Crippen molar-refractivity contribution >= 4 is 0 Å². The Morgan fingerprint density at radius 1 is 0.857 bits per heavy atom. The van der Waals surface area contributed by atoms with Gasteiger partial charge in [-0.15, -0.1) is 0 Å². The van der Waals surface area contributed by atoms with E-state index in [0.717, 1.165) is 22.5 Å². The fraction of sp³-hybridized carbons (Fsp3) is 0.111. The van der Waals surface area contributed by atoms with Crippen molar-refractivity contribution < 1.29 is 13.5 Å². The summed E-state index contributed by atoms with van der Waals surface area (Å²) >= 11 is 0. The highest BCUT2D eigenvalue weighted by molar-refractivity contribution is 5.60. The SMILES string of the molecule is FC1OC1(c1ccccc1)c1cccc(-c2ccco2)c1. The zero-order chi connectivity index (χ0) is 14.3. The number of hydrogen-bond acceptors (Lipinski definition) is 2. The molecular formula is C18H13FO2. The van der Waals surface area contributed by atoms with E-state index in [1.807, 2.05) is 66.7 Å². The largest absolute Gasteiger partial charge is 0.464 e. The van der Waals surface area contributed by atoms with Crippen molar-refractivity contribution in [1.29, 1.82) is 0 Å². The van der Waals surface area contributed by atoms with Gasteiger partial charge < -0.3 is 9.15 Å². The second-order valence-corrected chi connectivity index (χ2v) is 5.09. The summed E-state index contributed by atoms with van der Waals surface area (Å²) in [7, 11) is 0. The predicted molar refractivity (Wildman–Crippen MR) is 77.3 cm³/mol. The Morgan fingerprint density at radius 3 is 2.29 bits per heavy atom. The van der Waals surface area contributed by atoms with Crippen LogP contribution in [0.3, 0.4) is 0 Å². The van der Waals surface area contributed by atoms with Gasteiger partial charge in [0.2, 0.25) is 6.36 Å². The van der Waals surface area contributed by atoms with Crippen LogP contribution in [0.25, 0.3) is 11.3 Å². The average molecular weight is 280 g/mol. The lowest BCUT2D eigenvalue weighted by Crippen LogP contribution is -2.13. The molecule has 1 aliphatic heterocycles. The summed E-state index contributed by atoms with van der Waals surface area (Å²) in [5, 5.41) is 0. The second kappa shape index (κ2) is 4.57. The third-order valence-electron chi connectivity index (χ3n) is 3.85. The molecule has 2 unspecified atom stereocenters. The predicted octanol–water partition coefficient (Wildman–Crippen LogP) is 4.52. The molecule has 2 nitrogen and oxygen atoms in total. The van der Waals surface area contributed by atoms with Crippen molar-refractivity contribution in [3.8, 4) is 11.3 Å². The normalized spacial score (nSPS) is 24.0. The molecule has 0 radical (unpaired) electrons. The van der Waals surface area contributed by atoms with Crippen LogP contribution in [0.5, 0.6) is 0 Å². The van der Waals surface area contributed by atoms with E-state index in [2.05, 4.69) is 0 Å². The smallest absolute Gasteiger partial charge is 0.238 e. The summed E-state index contributed by atoms with van der Waals surface area (Å²) in [6, 6.07) is 20.8. The third kappa shape index (κ3) is 1.89. The Bertz CT molecular complexity index is 752. The molecule has 3 aromatic rings. The minimum absolute atomic E-state index is 0.760. The van der Waals surface area contributed by atoms with E-state index in [1.54, 1.807) is 6.26 Å². The van der Waals surface area contributed by atoms with Crippen molar-refractivity contribution in [2.45, 2.75) is 12.0 Å². The number of ether oxygens (including phenoxy) is 1. The van der Waals surface area contributed by atoms with E-state index in [-0.39, 0.29) is 0 Å². The zero-order valence-electron chi connectivity index (χ0n) is 11.2. The molecule has 1 aliphatic rings. The minimum Gasteiger partial charge on any atom is -0.464 e. The number of alkyl halides is 1. The van der Waals surface area contributed by atoms with Gasteiger partial charge in [-0.3, -0.25) is 0 Å². The number of rotatable bonds is 3. The maximum atomic E-state index is 14.0. The van der Waals surface area contributed by atoms with Crippen molar-refractivity contribution in [3.05, 3.63) is 84.1 Å². The number of benzene rings is 2. The average Bonchev–Trinajstić information content (AvgIpc) is 2.98. The Balaban J connectivity index is 1.81. The highest BCUT2D eigenvalue weighted by atomic mass is 19.2. The number of halogens is 1. The molecule has 0 spiro atoms. The molecule has 1 saturated heterocycles. The number of hydrogen-bond donors (Lipinski definition) is 0. The zero-order valence-corrected chi connectivity index (χ0v) is 11.2. The third-order valence-corrected chi connectivity index (χ3v) is 3.85. The van der Waals surface area contributed by atoms with Gasteiger partial charge in [0, 0.05) is 5.56 Å². The van der Waals surface area contributed by atoms with E-state index in [1.165, 1.54) is 0 Å². The topological polar surface area (TPSA) is 25.7 Å².